The monoisotopic (exact) mass is 314 g/mol. The number of carbonyl (C=O) groups is 1. The highest BCUT2D eigenvalue weighted by molar-refractivity contribution is 7.98. The summed E-state index contributed by atoms with van der Waals surface area (Å²) in [7, 11) is 2.20. The third kappa shape index (κ3) is 4.84. The summed E-state index contributed by atoms with van der Waals surface area (Å²) in [5, 5.41) is 0. The first-order valence-electron chi connectivity index (χ1n) is 8.07. The van der Waals surface area contributed by atoms with Gasteiger partial charge in [-0.25, -0.2) is 0 Å². The van der Waals surface area contributed by atoms with Crippen molar-refractivity contribution in [2.75, 3.05) is 58.3 Å². The van der Waals surface area contributed by atoms with Gasteiger partial charge in [0.1, 0.15) is 0 Å². The second-order valence-corrected chi connectivity index (χ2v) is 7.27. The normalized spacial score (nSPS) is 24.2. The molecule has 0 spiro atoms. The van der Waals surface area contributed by atoms with Crippen LogP contribution in [0, 0.1) is 0 Å². The zero-order chi connectivity index (χ0) is 15.2. The lowest BCUT2D eigenvalue weighted by atomic mass is 10.0. The molecule has 1 atom stereocenters. The van der Waals surface area contributed by atoms with Crippen LogP contribution in [0.3, 0.4) is 0 Å². The van der Waals surface area contributed by atoms with Crippen molar-refractivity contribution in [3.8, 4) is 0 Å². The molecular formula is C15H30N4OS. The summed E-state index contributed by atoms with van der Waals surface area (Å²) in [6.45, 7) is 6.10. The lowest BCUT2D eigenvalue weighted by Crippen LogP contribution is -2.56. The SMILES string of the molecule is CSCC[C@@H](N)C(=O)N1CCN(C2CCN(C)CC2)CC1. The van der Waals surface area contributed by atoms with Crippen LogP contribution in [0.5, 0.6) is 0 Å². The van der Waals surface area contributed by atoms with Crippen LogP contribution in [0.1, 0.15) is 19.3 Å². The summed E-state index contributed by atoms with van der Waals surface area (Å²) in [5.41, 5.74) is 6.00. The van der Waals surface area contributed by atoms with Gasteiger partial charge < -0.3 is 15.5 Å². The van der Waals surface area contributed by atoms with Crippen molar-refractivity contribution in [3.63, 3.8) is 0 Å². The Hall–Kier alpha value is -0.300. The van der Waals surface area contributed by atoms with Gasteiger partial charge in [0.15, 0.2) is 0 Å². The molecule has 2 aliphatic heterocycles. The molecule has 0 aromatic heterocycles. The minimum absolute atomic E-state index is 0.145. The molecule has 21 heavy (non-hydrogen) atoms. The molecule has 2 rings (SSSR count). The first-order chi connectivity index (χ1) is 10.1. The summed E-state index contributed by atoms with van der Waals surface area (Å²) < 4.78 is 0. The van der Waals surface area contributed by atoms with Crippen molar-refractivity contribution in [1.29, 1.82) is 0 Å². The van der Waals surface area contributed by atoms with E-state index in [4.69, 9.17) is 5.73 Å². The number of thioether (sulfide) groups is 1. The van der Waals surface area contributed by atoms with Crippen molar-refractivity contribution in [2.45, 2.75) is 31.3 Å². The summed E-state index contributed by atoms with van der Waals surface area (Å²) >= 11 is 1.75. The maximum absolute atomic E-state index is 12.3. The van der Waals surface area contributed by atoms with Crippen molar-refractivity contribution < 1.29 is 4.79 Å². The van der Waals surface area contributed by atoms with E-state index in [-0.39, 0.29) is 11.9 Å². The average Bonchev–Trinajstić information content (AvgIpc) is 2.53. The van der Waals surface area contributed by atoms with Gasteiger partial charge in [-0.2, -0.15) is 11.8 Å². The molecule has 0 bridgehead atoms. The molecule has 5 nitrogen and oxygen atoms in total. The van der Waals surface area contributed by atoms with Gasteiger partial charge in [-0.3, -0.25) is 9.69 Å². The number of nitrogens with zero attached hydrogens (tertiary/aromatic N) is 3. The molecule has 2 saturated heterocycles. The number of piperazine rings is 1. The molecule has 2 heterocycles. The lowest BCUT2D eigenvalue weighted by Gasteiger charge is -2.42. The minimum Gasteiger partial charge on any atom is -0.339 e. The molecule has 2 aliphatic rings. The number of amides is 1. The Morgan fingerprint density at radius 1 is 1.19 bits per heavy atom. The highest BCUT2D eigenvalue weighted by Crippen LogP contribution is 2.17. The van der Waals surface area contributed by atoms with Crippen molar-refractivity contribution in [3.05, 3.63) is 0 Å². The van der Waals surface area contributed by atoms with E-state index >= 15 is 0 Å². The fourth-order valence-electron chi connectivity index (χ4n) is 3.27. The van der Waals surface area contributed by atoms with Crippen LogP contribution in [0.15, 0.2) is 0 Å². The minimum atomic E-state index is -0.313. The van der Waals surface area contributed by atoms with Gasteiger partial charge in [-0.05, 0) is 51.4 Å². The Morgan fingerprint density at radius 2 is 1.81 bits per heavy atom. The number of rotatable bonds is 5. The second-order valence-electron chi connectivity index (χ2n) is 6.28. The van der Waals surface area contributed by atoms with E-state index in [1.165, 1.54) is 25.9 Å². The lowest BCUT2D eigenvalue weighted by molar-refractivity contribution is -0.134. The average molecular weight is 314 g/mol. The van der Waals surface area contributed by atoms with Gasteiger partial charge >= 0.3 is 0 Å². The number of hydrogen-bond acceptors (Lipinski definition) is 5. The zero-order valence-corrected chi connectivity index (χ0v) is 14.3. The molecule has 0 aromatic rings. The summed E-state index contributed by atoms with van der Waals surface area (Å²) in [6.07, 6.45) is 5.36. The van der Waals surface area contributed by atoms with Crippen LogP contribution in [0.4, 0.5) is 0 Å². The number of piperidine rings is 1. The van der Waals surface area contributed by atoms with Crippen LogP contribution in [-0.2, 0) is 4.79 Å². The van der Waals surface area contributed by atoms with Crippen LogP contribution < -0.4 is 5.73 Å². The predicted molar refractivity (Wildman–Crippen MR) is 89.6 cm³/mol. The maximum Gasteiger partial charge on any atom is 0.239 e. The molecule has 122 valence electrons. The molecule has 6 heteroatoms. The van der Waals surface area contributed by atoms with E-state index in [9.17, 15) is 4.79 Å². The highest BCUT2D eigenvalue weighted by atomic mass is 32.2. The highest BCUT2D eigenvalue weighted by Gasteiger charge is 2.29. The molecule has 0 radical (unpaired) electrons. The quantitative estimate of drug-likeness (QED) is 0.791. The largest absolute Gasteiger partial charge is 0.339 e. The van der Waals surface area contributed by atoms with Crippen LogP contribution >= 0.6 is 11.8 Å². The molecule has 1 amide bonds. The van der Waals surface area contributed by atoms with Gasteiger partial charge in [0.05, 0.1) is 6.04 Å². The fraction of sp³-hybridized carbons (Fsp3) is 0.933. The molecule has 0 aliphatic carbocycles. The third-order valence-electron chi connectivity index (χ3n) is 4.78. The summed E-state index contributed by atoms with van der Waals surface area (Å²) in [4.78, 5) is 19.2. The van der Waals surface area contributed by atoms with Gasteiger partial charge in [-0.1, -0.05) is 0 Å². The number of nitrogens with two attached hydrogens (primary N) is 1. The molecule has 0 aromatic carbocycles. The van der Waals surface area contributed by atoms with Crippen LogP contribution in [0.25, 0.3) is 0 Å². The molecular weight excluding hydrogens is 284 g/mol. The Bertz CT molecular complexity index is 326. The van der Waals surface area contributed by atoms with Crippen LogP contribution in [0.2, 0.25) is 0 Å². The maximum atomic E-state index is 12.3. The fourth-order valence-corrected chi connectivity index (χ4v) is 3.76. The first-order valence-corrected chi connectivity index (χ1v) is 9.47. The van der Waals surface area contributed by atoms with Gasteiger partial charge in [0.2, 0.25) is 5.91 Å². The molecule has 2 fully saturated rings. The van der Waals surface area contributed by atoms with Crippen molar-refractivity contribution >= 4 is 17.7 Å². The number of carbonyl (C=O) groups excluding carboxylic acids is 1. The standard InChI is InChI=1S/C15H30N4OS/c1-17-6-3-13(4-7-17)18-8-10-19(11-9-18)15(20)14(16)5-12-21-2/h13-14H,3-12,16H2,1-2H3/t14-/m1/s1. The van der Waals surface area contributed by atoms with E-state index in [1.54, 1.807) is 11.8 Å². The van der Waals surface area contributed by atoms with Crippen molar-refractivity contribution in [1.82, 2.24) is 14.7 Å². The second kappa shape index (κ2) is 8.36. The van der Waals surface area contributed by atoms with Gasteiger partial charge in [0.25, 0.3) is 0 Å². The Kier molecular flexibility index (Phi) is 6.79. The third-order valence-corrected chi connectivity index (χ3v) is 5.42. The van der Waals surface area contributed by atoms with Crippen LogP contribution in [-0.4, -0.2) is 91.0 Å². The van der Waals surface area contributed by atoms with E-state index < -0.39 is 0 Å². The first kappa shape index (κ1) is 17.1. The molecule has 0 saturated carbocycles. The predicted octanol–water partition coefficient (Wildman–Crippen LogP) is 0.305. The van der Waals surface area contributed by atoms with E-state index in [0.29, 0.717) is 6.04 Å². The van der Waals surface area contributed by atoms with Crippen molar-refractivity contribution in [2.24, 2.45) is 5.73 Å². The summed E-state index contributed by atoms with van der Waals surface area (Å²) in [6, 6.07) is 0.399. The Labute approximate surface area is 133 Å². The van der Waals surface area contributed by atoms with E-state index in [0.717, 1.165) is 38.4 Å². The van der Waals surface area contributed by atoms with E-state index in [2.05, 4.69) is 23.1 Å². The Balaban J connectivity index is 1.73. The Morgan fingerprint density at radius 3 is 2.38 bits per heavy atom. The van der Waals surface area contributed by atoms with Gasteiger partial charge in [-0.15, -0.1) is 0 Å². The zero-order valence-electron chi connectivity index (χ0n) is 13.5. The summed E-state index contributed by atoms with van der Waals surface area (Å²) in [5.74, 6) is 1.11. The molecule has 0 unspecified atom stereocenters. The number of likely N-dealkylation sites (tertiary alicyclic amines) is 1. The van der Waals surface area contributed by atoms with E-state index in [1.807, 2.05) is 4.90 Å². The smallest absolute Gasteiger partial charge is 0.239 e. The van der Waals surface area contributed by atoms with Gasteiger partial charge in [0, 0.05) is 32.2 Å². The number of hydrogen-bond donors (Lipinski definition) is 1. The molecule has 2 N–H and O–H groups in total. The topological polar surface area (TPSA) is 52.8 Å².